The van der Waals surface area contributed by atoms with E-state index >= 15 is 0 Å². The number of hydrogen-bond acceptors (Lipinski definition) is 2. The van der Waals surface area contributed by atoms with Gasteiger partial charge in [0.2, 0.25) is 0 Å². The number of benzene rings is 1. The second-order valence-corrected chi connectivity index (χ2v) is 4.71. The van der Waals surface area contributed by atoms with Crippen LogP contribution < -0.4 is 0 Å². The first-order valence-corrected chi connectivity index (χ1v) is 6.42. The first-order chi connectivity index (χ1) is 8.57. The van der Waals surface area contributed by atoms with Crippen LogP contribution in [0.2, 0.25) is 0 Å². The molecule has 0 bridgehead atoms. The third-order valence-corrected chi connectivity index (χ3v) is 3.44. The molecule has 0 aliphatic rings. The van der Waals surface area contributed by atoms with Gasteiger partial charge >= 0.3 is 0 Å². The Bertz CT molecular complexity index is 512. The maximum absolute atomic E-state index is 10.7. The summed E-state index contributed by atoms with van der Waals surface area (Å²) in [6.45, 7) is 6.77. The normalized spacial score (nSPS) is 14.4. The van der Waals surface area contributed by atoms with Crippen LogP contribution in [0, 0.1) is 0 Å². The lowest BCUT2D eigenvalue weighted by atomic mass is 9.90. The molecule has 0 saturated carbocycles. The predicted molar refractivity (Wildman–Crippen MR) is 72.4 cm³/mol. The lowest BCUT2D eigenvalue weighted by molar-refractivity contribution is 0.102. The molecule has 1 aromatic carbocycles. The first-order valence-electron chi connectivity index (χ1n) is 6.42. The number of aryl methyl sites for hydroxylation is 2. The number of hydrogen-bond donors (Lipinski definition) is 1. The monoisotopic (exact) mass is 244 g/mol. The molecule has 2 rings (SSSR count). The lowest BCUT2D eigenvalue weighted by Crippen LogP contribution is -2.22. The van der Waals surface area contributed by atoms with Gasteiger partial charge in [0.1, 0.15) is 5.60 Å². The van der Waals surface area contributed by atoms with E-state index < -0.39 is 5.60 Å². The number of aromatic nitrogens is 2. The van der Waals surface area contributed by atoms with Crippen LogP contribution in [0.4, 0.5) is 0 Å². The molecule has 0 aliphatic heterocycles. The summed E-state index contributed by atoms with van der Waals surface area (Å²) < 4.78 is 1.82. The Hall–Kier alpha value is -1.61. The van der Waals surface area contributed by atoms with Crippen molar-refractivity contribution >= 4 is 0 Å². The quantitative estimate of drug-likeness (QED) is 0.898. The van der Waals surface area contributed by atoms with Gasteiger partial charge in [-0.2, -0.15) is 5.10 Å². The maximum Gasteiger partial charge on any atom is 0.115 e. The van der Waals surface area contributed by atoms with Gasteiger partial charge < -0.3 is 5.11 Å². The summed E-state index contributed by atoms with van der Waals surface area (Å²) >= 11 is 0. The van der Waals surface area contributed by atoms with Gasteiger partial charge in [-0.3, -0.25) is 4.68 Å². The number of aliphatic hydroxyl groups is 1. The SMILES string of the molecule is CCc1ccc(C(C)(O)c2cnn(CC)c2)cc1. The average Bonchev–Trinajstić information content (AvgIpc) is 2.88. The van der Waals surface area contributed by atoms with Crippen LogP contribution in [0.25, 0.3) is 0 Å². The molecule has 96 valence electrons. The first kappa shape index (κ1) is 12.8. The van der Waals surface area contributed by atoms with Gasteiger partial charge in [0.05, 0.1) is 6.20 Å². The van der Waals surface area contributed by atoms with Crippen LogP contribution in [-0.2, 0) is 18.6 Å². The zero-order chi connectivity index (χ0) is 13.2. The summed E-state index contributed by atoms with van der Waals surface area (Å²) in [5.74, 6) is 0. The summed E-state index contributed by atoms with van der Waals surface area (Å²) in [5.41, 5.74) is 2.02. The van der Waals surface area contributed by atoms with Gasteiger partial charge in [-0.25, -0.2) is 0 Å². The van der Waals surface area contributed by atoms with Crippen molar-refractivity contribution < 1.29 is 5.11 Å². The van der Waals surface area contributed by atoms with Gasteiger partial charge in [0, 0.05) is 18.3 Å². The second kappa shape index (κ2) is 4.94. The Labute approximate surface area is 108 Å². The van der Waals surface area contributed by atoms with Crippen molar-refractivity contribution in [3.63, 3.8) is 0 Å². The standard InChI is InChI=1S/C15H20N2O/c1-4-12-6-8-13(9-7-12)15(3,18)14-10-16-17(5-2)11-14/h6-11,18H,4-5H2,1-3H3. The summed E-state index contributed by atoms with van der Waals surface area (Å²) in [5, 5.41) is 14.9. The predicted octanol–water partition coefficient (Wildman–Crippen LogP) is 2.72. The molecule has 2 aromatic rings. The van der Waals surface area contributed by atoms with E-state index in [-0.39, 0.29) is 0 Å². The van der Waals surface area contributed by atoms with E-state index in [1.807, 2.05) is 36.9 Å². The minimum atomic E-state index is -0.986. The molecule has 0 amide bonds. The fourth-order valence-corrected chi connectivity index (χ4v) is 2.02. The van der Waals surface area contributed by atoms with Crippen molar-refractivity contribution in [1.29, 1.82) is 0 Å². The van der Waals surface area contributed by atoms with Crippen molar-refractivity contribution in [1.82, 2.24) is 9.78 Å². The molecule has 1 aromatic heterocycles. The highest BCUT2D eigenvalue weighted by molar-refractivity contribution is 5.34. The van der Waals surface area contributed by atoms with Gasteiger partial charge in [0.15, 0.2) is 0 Å². The molecule has 1 atom stereocenters. The Balaban J connectivity index is 2.33. The summed E-state index contributed by atoms with van der Waals surface area (Å²) in [6.07, 6.45) is 4.64. The van der Waals surface area contributed by atoms with Crippen LogP contribution in [0.1, 0.15) is 37.5 Å². The Kier molecular flexibility index (Phi) is 3.53. The van der Waals surface area contributed by atoms with Crippen LogP contribution in [0.5, 0.6) is 0 Å². The number of nitrogens with zero attached hydrogens (tertiary/aromatic N) is 2. The van der Waals surface area contributed by atoms with Crippen LogP contribution in [-0.4, -0.2) is 14.9 Å². The van der Waals surface area contributed by atoms with E-state index in [1.54, 1.807) is 6.20 Å². The topological polar surface area (TPSA) is 38.1 Å². The van der Waals surface area contributed by atoms with Gasteiger partial charge in [-0.1, -0.05) is 31.2 Å². The molecule has 1 N–H and O–H groups in total. The van der Waals surface area contributed by atoms with Crippen molar-refractivity contribution in [2.45, 2.75) is 39.3 Å². The molecule has 3 nitrogen and oxygen atoms in total. The molecule has 1 heterocycles. The van der Waals surface area contributed by atoms with Crippen molar-refractivity contribution in [2.75, 3.05) is 0 Å². The van der Waals surface area contributed by atoms with Gasteiger partial charge in [-0.05, 0) is 31.4 Å². The van der Waals surface area contributed by atoms with E-state index in [1.165, 1.54) is 5.56 Å². The number of rotatable bonds is 4. The Morgan fingerprint density at radius 2 is 1.83 bits per heavy atom. The third-order valence-electron chi connectivity index (χ3n) is 3.44. The zero-order valence-corrected chi connectivity index (χ0v) is 11.2. The van der Waals surface area contributed by atoms with Gasteiger partial charge in [-0.15, -0.1) is 0 Å². The summed E-state index contributed by atoms with van der Waals surface area (Å²) in [4.78, 5) is 0. The fourth-order valence-electron chi connectivity index (χ4n) is 2.02. The van der Waals surface area contributed by atoms with Crippen LogP contribution in [0.3, 0.4) is 0 Å². The van der Waals surface area contributed by atoms with E-state index in [0.29, 0.717) is 0 Å². The molecular formula is C15H20N2O. The zero-order valence-electron chi connectivity index (χ0n) is 11.2. The highest BCUT2D eigenvalue weighted by Crippen LogP contribution is 2.28. The third kappa shape index (κ3) is 2.31. The fraction of sp³-hybridized carbons (Fsp3) is 0.400. The minimum absolute atomic E-state index is 0.810. The molecular weight excluding hydrogens is 224 g/mol. The van der Waals surface area contributed by atoms with E-state index in [0.717, 1.165) is 24.1 Å². The highest BCUT2D eigenvalue weighted by Gasteiger charge is 2.26. The molecule has 3 heteroatoms. The van der Waals surface area contributed by atoms with E-state index in [4.69, 9.17) is 0 Å². The van der Waals surface area contributed by atoms with Crippen LogP contribution in [0.15, 0.2) is 36.7 Å². The Morgan fingerprint density at radius 3 is 2.33 bits per heavy atom. The average molecular weight is 244 g/mol. The second-order valence-electron chi connectivity index (χ2n) is 4.71. The molecule has 0 saturated heterocycles. The molecule has 1 unspecified atom stereocenters. The Morgan fingerprint density at radius 1 is 1.17 bits per heavy atom. The van der Waals surface area contributed by atoms with Crippen molar-refractivity contribution in [3.8, 4) is 0 Å². The largest absolute Gasteiger partial charge is 0.381 e. The lowest BCUT2D eigenvalue weighted by Gasteiger charge is -2.22. The maximum atomic E-state index is 10.7. The minimum Gasteiger partial charge on any atom is -0.381 e. The van der Waals surface area contributed by atoms with E-state index in [2.05, 4.69) is 24.2 Å². The molecule has 18 heavy (non-hydrogen) atoms. The van der Waals surface area contributed by atoms with Crippen LogP contribution >= 0.6 is 0 Å². The van der Waals surface area contributed by atoms with Crippen molar-refractivity contribution in [3.05, 3.63) is 53.3 Å². The summed E-state index contributed by atoms with van der Waals surface area (Å²) in [7, 11) is 0. The van der Waals surface area contributed by atoms with Gasteiger partial charge in [0.25, 0.3) is 0 Å². The smallest absolute Gasteiger partial charge is 0.115 e. The molecule has 0 fully saturated rings. The molecule has 0 aliphatic carbocycles. The molecule has 0 spiro atoms. The van der Waals surface area contributed by atoms with E-state index in [9.17, 15) is 5.11 Å². The highest BCUT2D eigenvalue weighted by atomic mass is 16.3. The van der Waals surface area contributed by atoms with Crippen molar-refractivity contribution in [2.24, 2.45) is 0 Å². The summed E-state index contributed by atoms with van der Waals surface area (Å²) in [6, 6.07) is 8.10. The molecule has 0 radical (unpaired) electrons.